The molecule has 114 valence electrons. The molecule has 0 aromatic carbocycles. The van der Waals surface area contributed by atoms with E-state index in [-0.39, 0.29) is 30.5 Å². The normalized spacial score (nSPS) is 15.6. The molecule has 1 aliphatic heterocycles. The molecule has 1 aliphatic rings. The van der Waals surface area contributed by atoms with E-state index in [2.05, 4.69) is 10.6 Å². The van der Waals surface area contributed by atoms with Crippen molar-refractivity contribution in [3.63, 3.8) is 0 Å². The van der Waals surface area contributed by atoms with E-state index in [1.807, 2.05) is 0 Å². The Morgan fingerprint density at radius 1 is 1.15 bits per heavy atom. The molecule has 0 saturated carbocycles. The van der Waals surface area contributed by atoms with Crippen molar-refractivity contribution in [3.8, 4) is 0 Å². The van der Waals surface area contributed by atoms with Gasteiger partial charge in [-0.15, -0.1) is 0 Å². The molecule has 0 aliphatic carbocycles. The molecule has 7 heteroatoms. The molecule has 7 nitrogen and oxygen atoms in total. The number of hydrogen-bond donors (Lipinski definition) is 2. The van der Waals surface area contributed by atoms with E-state index in [4.69, 9.17) is 4.74 Å². The van der Waals surface area contributed by atoms with Gasteiger partial charge in [0.1, 0.15) is 0 Å². The van der Waals surface area contributed by atoms with Gasteiger partial charge in [-0.05, 0) is 19.8 Å². The van der Waals surface area contributed by atoms with Gasteiger partial charge >= 0.3 is 6.09 Å². The number of carbonyl (C=O) groups is 3. The van der Waals surface area contributed by atoms with Gasteiger partial charge in [0, 0.05) is 25.6 Å². The second-order valence-corrected chi connectivity index (χ2v) is 4.66. The highest BCUT2D eigenvalue weighted by Crippen LogP contribution is 2.11. The van der Waals surface area contributed by atoms with Crippen LogP contribution in [-0.2, 0) is 14.3 Å². The SMILES string of the molecule is CCOC(=O)N1CCC(NC(=O)CNC(=O)CC)CC1. The first-order chi connectivity index (χ1) is 9.56. The molecular weight excluding hydrogens is 262 g/mol. The van der Waals surface area contributed by atoms with E-state index < -0.39 is 0 Å². The topological polar surface area (TPSA) is 87.7 Å². The average Bonchev–Trinajstić information content (AvgIpc) is 2.45. The second-order valence-electron chi connectivity index (χ2n) is 4.66. The van der Waals surface area contributed by atoms with Crippen molar-refractivity contribution in [2.75, 3.05) is 26.2 Å². The number of nitrogens with one attached hydrogen (secondary N) is 2. The molecule has 2 N–H and O–H groups in total. The van der Waals surface area contributed by atoms with Gasteiger partial charge in [0.2, 0.25) is 11.8 Å². The summed E-state index contributed by atoms with van der Waals surface area (Å²) >= 11 is 0. The molecule has 0 aromatic rings. The van der Waals surface area contributed by atoms with Crippen LogP contribution in [0.5, 0.6) is 0 Å². The van der Waals surface area contributed by atoms with Crippen LogP contribution in [-0.4, -0.2) is 55.1 Å². The highest BCUT2D eigenvalue weighted by molar-refractivity contribution is 5.84. The molecule has 3 amide bonds. The Morgan fingerprint density at radius 2 is 1.80 bits per heavy atom. The maximum absolute atomic E-state index is 11.6. The Kier molecular flexibility index (Phi) is 6.83. The van der Waals surface area contributed by atoms with E-state index in [0.29, 0.717) is 39.0 Å². The number of hydrogen-bond acceptors (Lipinski definition) is 4. The summed E-state index contributed by atoms with van der Waals surface area (Å²) in [5.74, 6) is -0.335. The molecule has 0 radical (unpaired) electrons. The minimum atomic E-state index is -0.299. The third kappa shape index (κ3) is 5.46. The summed E-state index contributed by atoms with van der Waals surface area (Å²) in [5.41, 5.74) is 0. The average molecular weight is 285 g/mol. The fourth-order valence-corrected chi connectivity index (χ4v) is 2.00. The van der Waals surface area contributed by atoms with Gasteiger partial charge in [0.05, 0.1) is 13.2 Å². The Hall–Kier alpha value is -1.79. The maximum Gasteiger partial charge on any atom is 0.409 e. The maximum atomic E-state index is 11.6. The molecule has 0 bridgehead atoms. The predicted molar refractivity (Wildman–Crippen MR) is 73.1 cm³/mol. The third-order valence-electron chi connectivity index (χ3n) is 3.15. The monoisotopic (exact) mass is 285 g/mol. The zero-order valence-electron chi connectivity index (χ0n) is 12.1. The van der Waals surface area contributed by atoms with Crippen LogP contribution in [0.15, 0.2) is 0 Å². The van der Waals surface area contributed by atoms with Crippen molar-refractivity contribution in [1.82, 2.24) is 15.5 Å². The van der Waals surface area contributed by atoms with Crippen molar-refractivity contribution in [2.45, 2.75) is 39.2 Å². The summed E-state index contributed by atoms with van der Waals surface area (Å²) in [6.07, 6.45) is 1.47. The van der Waals surface area contributed by atoms with Gasteiger partial charge in [-0.25, -0.2) is 4.79 Å². The molecule has 1 saturated heterocycles. The van der Waals surface area contributed by atoms with Gasteiger partial charge in [-0.3, -0.25) is 9.59 Å². The molecule has 0 atom stereocenters. The molecular formula is C13H23N3O4. The molecule has 0 spiro atoms. The first kappa shape index (κ1) is 16.3. The number of ether oxygens (including phenoxy) is 1. The summed E-state index contributed by atoms with van der Waals surface area (Å²) in [5, 5.41) is 5.39. The van der Waals surface area contributed by atoms with E-state index in [1.54, 1.807) is 18.7 Å². The van der Waals surface area contributed by atoms with Crippen LogP contribution in [0.3, 0.4) is 0 Å². The Balaban J connectivity index is 2.23. The zero-order chi connectivity index (χ0) is 15.0. The third-order valence-corrected chi connectivity index (χ3v) is 3.15. The zero-order valence-corrected chi connectivity index (χ0v) is 12.1. The lowest BCUT2D eigenvalue weighted by atomic mass is 10.1. The molecule has 1 heterocycles. The summed E-state index contributed by atoms with van der Waals surface area (Å²) in [6, 6.07) is 0.0479. The fraction of sp³-hybridized carbons (Fsp3) is 0.769. The van der Waals surface area contributed by atoms with Crippen molar-refractivity contribution in [3.05, 3.63) is 0 Å². The summed E-state index contributed by atoms with van der Waals surface area (Å²) in [6.45, 7) is 5.03. The largest absolute Gasteiger partial charge is 0.450 e. The summed E-state index contributed by atoms with van der Waals surface area (Å²) in [4.78, 5) is 35.8. The lowest BCUT2D eigenvalue weighted by Gasteiger charge is -2.31. The Bertz CT molecular complexity index is 352. The standard InChI is InChI=1S/C13H23N3O4/c1-3-11(17)14-9-12(18)15-10-5-7-16(8-6-10)13(19)20-4-2/h10H,3-9H2,1-2H3,(H,14,17)(H,15,18). The van der Waals surface area contributed by atoms with Crippen molar-refractivity contribution < 1.29 is 19.1 Å². The molecule has 0 unspecified atom stereocenters. The van der Waals surface area contributed by atoms with Crippen LogP contribution in [0.4, 0.5) is 4.79 Å². The van der Waals surface area contributed by atoms with E-state index in [0.717, 1.165) is 0 Å². The van der Waals surface area contributed by atoms with Crippen LogP contribution in [0, 0.1) is 0 Å². The number of carbonyl (C=O) groups excluding carboxylic acids is 3. The summed E-state index contributed by atoms with van der Waals surface area (Å²) in [7, 11) is 0. The Morgan fingerprint density at radius 3 is 2.35 bits per heavy atom. The number of amides is 3. The predicted octanol–water partition coefficient (Wildman–Crippen LogP) is 0.250. The van der Waals surface area contributed by atoms with Gasteiger partial charge in [0.25, 0.3) is 0 Å². The fourth-order valence-electron chi connectivity index (χ4n) is 2.00. The number of rotatable bonds is 5. The lowest BCUT2D eigenvalue weighted by molar-refractivity contribution is -0.126. The smallest absolute Gasteiger partial charge is 0.409 e. The van der Waals surface area contributed by atoms with Crippen LogP contribution in [0.1, 0.15) is 33.1 Å². The van der Waals surface area contributed by atoms with E-state index >= 15 is 0 Å². The van der Waals surface area contributed by atoms with Crippen molar-refractivity contribution in [1.29, 1.82) is 0 Å². The highest BCUT2D eigenvalue weighted by Gasteiger charge is 2.24. The van der Waals surface area contributed by atoms with Gasteiger partial charge < -0.3 is 20.3 Å². The second kappa shape index (κ2) is 8.39. The van der Waals surface area contributed by atoms with Gasteiger partial charge in [-0.1, -0.05) is 6.92 Å². The van der Waals surface area contributed by atoms with Crippen LogP contribution in [0.2, 0.25) is 0 Å². The van der Waals surface area contributed by atoms with Crippen LogP contribution < -0.4 is 10.6 Å². The first-order valence-electron chi connectivity index (χ1n) is 7.04. The number of piperidine rings is 1. The molecule has 20 heavy (non-hydrogen) atoms. The van der Waals surface area contributed by atoms with E-state index in [9.17, 15) is 14.4 Å². The lowest BCUT2D eigenvalue weighted by Crippen LogP contribution is -2.48. The van der Waals surface area contributed by atoms with Crippen LogP contribution >= 0.6 is 0 Å². The van der Waals surface area contributed by atoms with E-state index in [1.165, 1.54) is 0 Å². The molecule has 0 aromatic heterocycles. The number of nitrogens with zero attached hydrogens (tertiary/aromatic N) is 1. The Labute approximate surface area is 119 Å². The molecule has 1 rings (SSSR count). The minimum absolute atomic E-state index is 0.00473. The first-order valence-corrected chi connectivity index (χ1v) is 7.04. The van der Waals surface area contributed by atoms with Crippen LogP contribution in [0.25, 0.3) is 0 Å². The van der Waals surface area contributed by atoms with Crippen molar-refractivity contribution in [2.24, 2.45) is 0 Å². The van der Waals surface area contributed by atoms with Crippen molar-refractivity contribution >= 4 is 17.9 Å². The minimum Gasteiger partial charge on any atom is -0.450 e. The van der Waals surface area contributed by atoms with Gasteiger partial charge in [-0.2, -0.15) is 0 Å². The molecule has 1 fully saturated rings. The highest BCUT2D eigenvalue weighted by atomic mass is 16.6. The quantitative estimate of drug-likeness (QED) is 0.758. The summed E-state index contributed by atoms with van der Waals surface area (Å²) < 4.78 is 4.93. The number of likely N-dealkylation sites (tertiary alicyclic amines) is 1. The van der Waals surface area contributed by atoms with Gasteiger partial charge in [0.15, 0.2) is 0 Å².